The Balaban J connectivity index is 1.95. The number of nitrogens with zero attached hydrogens (tertiary/aromatic N) is 2. The molecule has 23 heavy (non-hydrogen) atoms. The number of amides is 1. The Labute approximate surface area is 148 Å². The van der Waals surface area contributed by atoms with Crippen LogP contribution in [0, 0.1) is 0 Å². The first-order chi connectivity index (χ1) is 10.7. The third kappa shape index (κ3) is 5.00. The highest BCUT2D eigenvalue weighted by Gasteiger charge is 2.28. The van der Waals surface area contributed by atoms with Crippen LogP contribution in [-0.2, 0) is 4.74 Å². The minimum Gasteiger partial charge on any atom is -0.444 e. The lowest BCUT2D eigenvalue weighted by Crippen LogP contribution is -2.50. The van der Waals surface area contributed by atoms with Crippen molar-refractivity contribution in [3.8, 4) is 0 Å². The van der Waals surface area contributed by atoms with E-state index in [0.29, 0.717) is 23.1 Å². The molecule has 1 amide bonds. The summed E-state index contributed by atoms with van der Waals surface area (Å²) in [7, 11) is 0. The molecule has 0 saturated carbocycles. The molecule has 1 saturated heterocycles. The van der Waals surface area contributed by atoms with Crippen molar-refractivity contribution < 1.29 is 9.53 Å². The SMILES string of the molecule is CC(c1ccc(Cl)cc1Cl)N1CCN(C(=O)OC(C)(C)C)CC1. The number of carbonyl (C=O) groups is 1. The topological polar surface area (TPSA) is 32.8 Å². The third-order valence-electron chi connectivity index (χ3n) is 3.93. The molecule has 1 aromatic carbocycles. The number of hydrogen-bond donors (Lipinski definition) is 0. The van der Waals surface area contributed by atoms with Gasteiger partial charge in [-0.2, -0.15) is 0 Å². The maximum Gasteiger partial charge on any atom is 0.410 e. The summed E-state index contributed by atoms with van der Waals surface area (Å²) in [5.41, 5.74) is 0.597. The van der Waals surface area contributed by atoms with Crippen LogP contribution >= 0.6 is 23.2 Å². The van der Waals surface area contributed by atoms with Crippen molar-refractivity contribution in [2.75, 3.05) is 26.2 Å². The Bertz CT molecular complexity index is 564. The van der Waals surface area contributed by atoms with Crippen molar-refractivity contribution in [3.63, 3.8) is 0 Å². The van der Waals surface area contributed by atoms with Crippen LogP contribution in [0.1, 0.15) is 39.3 Å². The van der Waals surface area contributed by atoms with Crippen LogP contribution in [0.25, 0.3) is 0 Å². The number of halogens is 2. The van der Waals surface area contributed by atoms with E-state index in [1.54, 1.807) is 11.0 Å². The van der Waals surface area contributed by atoms with Gasteiger partial charge in [0.25, 0.3) is 0 Å². The molecule has 1 aromatic rings. The second-order valence-electron chi connectivity index (χ2n) is 6.85. The van der Waals surface area contributed by atoms with Gasteiger partial charge in [-0.25, -0.2) is 4.79 Å². The zero-order chi connectivity index (χ0) is 17.2. The van der Waals surface area contributed by atoms with Crippen LogP contribution in [0.3, 0.4) is 0 Å². The molecule has 1 heterocycles. The molecule has 2 rings (SSSR count). The summed E-state index contributed by atoms with van der Waals surface area (Å²) in [6.07, 6.45) is -0.241. The highest BCUT2D eigenvalue weighted by atomic mass is 35.5. The van der Waals surface area contributed by atoms with E-state index in [1.165, 1.54) is 0 Å². The first-order valence-corrected chi connectivity index (χ1v) is 8.60. The van der Waals surface area contributed by atoms with Gasteiger partial charge in [-0.1, -0.05) is 29.3 Å². The molecule has 128 valence electrons. The number of ether oxygens (including phenoxy) is 1. The first-order valence-electron chi connectivity index (χ1n) is 7.84. The summed E-state index contributed by atoms with van der Waals surface area (Å²) in [4.78, 5) is 16.2. The molecular formula is C17H24Cl2N2O2. The monoisotopic (exact) mass is 358 g/mol. The zero-order valence-corrected chi connectivity index (χ0v) is 15.6. The lowest BCUT2D eigenvalue weighted by molar-refractivity contribution is 0.0110. The summed E-state index contributed by atoms with van der Waals surface area (Å²) >= 11 is 12.3. The summed E-state index contributed by atoms with van der Waals surface area (Å²) in [5.74, 6) is 0. The normalized spacial score (nSPS) is 17.9. The fourth-order valence-electron chi connectivity index (χ4n) is 2.66. The number of hydrogen-bond acceptors (Lipinski definition) is 3. The average molecular weight is 359 g/mol. The van der Waals surface area contributed by atoms with E-state index in [1.807, 2.05) is 32.9 Å². The van der Waals surface area contributed by atoms with Gasteiger partial charge in [0.05, 0.1) is 0 Å². The van der Waals surface area contributed by atoms with E-state index in [2.05, 4.69) is 11.8 Å². The molecular weight excluding hydrogens is 335 g/mol. The van der Waals surface area contributed by atoms with E-state index in [-0.39, 0.29) is 12.1 Å². The third-order valence-corrected chi connectivity index (χ3v) is 4.49. The van der Waals surface area contributed by atoms with Gasteiger partial charge in [-0.05, 0) is 45.4 Å². The maximum absolute atomic E-state index is 12.1. The van der Waals surface area contributed by atoms with Gasteiger partial charge in [0.2, 0.25) is 0 Å². The lowest BCUT2D eigenvalue weighted by atomic mass is 10.1. The van der Waals surface area contributed by atoms with Crippen LogP contribution in [0.4, 0.5) is 4.79 Å². The second kappa shape index (κ2) is 7.29. The van der Waals surface area contributed by atoms with Crippen LogP contribution in [0.5, 0.6) is 0 Å². The van der Waals surface area contributed by atoms with Crippen LogP contribution in [0.15, 0.2) is 18.2 Å². The standard InChI is InChI=1S/C17H24Cl2N2O2/c1-12(14-6-5-13(18)11-15(14)19)20-7-9-21(10-8-20)16(22)23-17(2,3)4/h5-6,11-12H,7-10H2,1-4H3. The second-order valence-corrected chi connectivity index (χ2v) is 7.69. The van der Waals surface area contributed by atoms with Crippen molar-refractivity contribution in [2.24, 2.45) is 0 Å². The number of piperazine rings is 1. The largest absolute Gasteiger partial charge is 0.444 e. The molecule has 4 nitrogen and oxygen atoms in total. The molecule has 0 radical (unpaired) electrons. The van der Waals surface area contributed by atoms with E-state index in [9.17, 15) is 4.79 Å². The molecule has 6 heteroatoms. The molecule has 1 atom stereocenters. The van der Waals surface area contributed by atoms with Gasteiger partial charge in [0, 0.05) is 42.3 Å². The predicted octanol–water partition coefficient (Wildman–Crippen LogP) is 4.61. The Morgan fingerprint density at radius 3 is 2.30 bits per heavy atom. The minimum absolute atomic E-state index is 0.181. The van der Waals surface area contributed by atoms with Crippen LogP contribution in [-0.4, -0.2) is 47.7 Å². The maximum atomic E-state index is 12.1. The quantitative estimate of drug-likeness (QED) is 0.773. The highest BCUT2D eigenvalue weighted by molar-refractivity contribution is 6.35. The molecule has 1 aliphatic rings. The molecule has 0 spiro atoms. The summed E-state index contributed by atoms with van der Waals surface area (Å²) in [6, 6.07) is 5.78. The van der Waals surface area contributed by atoms with Gasteiger partial charge in [0.1, 0.15) is 5.60 Å². The Morgan fingerprint density at radius 2 is 1.78 bits per heavy atom. The van der Waals surface area contributed by atoms with Gasteiger partial charge in [-0.3, -0.25) is 4.90 Å². The Kier molecular flexibility index (Phi) is 5.82. The molecule has 1 unspecified atom stereocenters. The van der Waals surface area contributed by atoms with E-state index >= 15 is 0 Å². The van der Waals surface area contributed by atoms with E-state index in [0.717, 1.165) is 18.7 Å². The highest BCUT2D eigenvalue weighted by Crippen LogP contribution is 2.30. The number of carbonyl (C=O) groups excluding carboxylic acids is 1. The smallest absolute Gasteiger partial charge is 0.410 e. The van der Waals surface area contributed by atoms with E-state index < -0.39 is 5.60 Å². The number of benzene rings is 1. The van der Waals surface area contributed by atoms with Crippen LogP contribution in [0.2, 0.25) is 10.0 Å². The number of rotatable bonds is 2. The molecule has 1 aliphatic heterocycles. The van der Waals surface area contributed by atoms with Gasteiger partial charge < -0.3 is 9.64 Å². The van der Waals surface area contributed by atoms with Gasteiger partial charge in [0.15, 0.2) is 0 Å². The fourth-order valence-corrected chi connectivity index (χ4v) is 3.22. The van der Waals surface area contributed by atoms with Crippen LogP contribution < -0.4 is 0 Å². The molecule has 0 bridgehead atoms. The average Bonchev–Trinajstić information content (AvgIpc) is 2.45. The lowest BCUT2D eigenvalue weighted by Gasteiger charge is -2.38. The predicted molar refractivity (Wildman–Crippen MR) is 94.3 cm³/mol. The first kappa shape index (κ1) is 18.4. The molecule has 0 aromatic heterocycles. The van der Waals surface area contributed by atoms with Crippen molar-refractivity contribution in [1.82, 2.24) is 9.80 Å². The van der Waals surface area contributed by atoms with Crippen molar-refractivity contribution >= 4 is 29.3 Å². The van der Waals surface area contributed by atoms with Gasteiger partial charge >= 0.3 is 6.09 Å². The van der Waals surface area contributed by atoms with Crippen molar-refractivity contribution in [2.45, 2.75) is 39.3 Å². The van der Waals surface area contributed by atoms with E-state index in [4.69, 9.17) is 27.9 Å². The Morgan fingerprint density at radius 1 is 1.17 bits per heavy atom. The fraction of sp³-hybridized carbons (Fsp3) is 0.588. The zero-order valence-electron chi connectivity index (χ0n) is 14.1. The summed E-state index contributed by atoms with van der Waals surface area (Å²) in [5, 5.41) is 1.32. The molecule has 0 N–H and O–H groups in total. The minimum atomic E-state index is -0.460. The van der Waals surface area contributed by atoms with Crippen molar-refractivity contribution in [1.29, 1.82) is 0 Å². The van der Waals surface area contributed by atoms with Gasteiger partial charge in [-0.15, -0.1) is 0 Å². The summed E-state index contributed by atoms with van der Waals surface area (Å²) in [6.45, 7) is 10.7. The molecule has 0 aliphatic carbocycles. The Hall–Kier alpha value is -0.970. The summed E-state index contributed by atoms with van der Waals surface area (Å²) < 4.78 is 5.42. The molecule has 1 fully saturated rings. The van der Waals surface area contributed by atoms with Crippen molar-refractivity contribution in [3.05, 3.63) is 33.8 Å².